The summed E-state index contributed by atoms with van der Waals surface area (Å²) in [5.74, 6) is -1.41. The van der Waals surface area contributed by atoms with Gasteiger partial charge in [-0.25, -0.2) is 14.1 Å². The van der Waals surface area contributed by atoms with E-state index in [4.69, 9.17) is 17.0 Å². The maximum Gasteiger partial charge on any atom is 0.417 e. The number of anilines is 1. The van der Waals surface area contributed by atoms with Crippen molar-refractivity contribution in [2.75, 3.05) is 11.9 Å². The number of benzene rings is 1. The maximum absolute atomic E-state index is 13.7. The van der Waals surface area contributed by atoms with Gasteiger partial charge in [0.2, 0.25) is 0 Å². The zero-order valence-electron chi connectivity index (χ0n) is 15.1. The Bertz CT molecular complexity index is 799. The molecule has 0 aliphatic carbocycles. The van der Waals surface area contributed by atoms with Crippen molar-refractivity contribution < 1.29 is 23.8 Å². The van der Waals surface area contributed by atoms with Crippen LogP contribution >= 0.6 is 12.2 Å². The summed E-state index contributed by atoms with van der Waals surface area (Å²) in [6.07, 6.45) is -0.748. The van der Waals surface area contributed by atoms with E-state index >= 15 is 0 Å². The molecule has 0 saturated heterocycles. The summed E-state index contributed by atoms with van der Waals surface area (Å²) in [5.41, 5.74) is -0.265. The molecular weight excluding hydrogens is 359 g/mol. The lowest BCUT2D eigenvalue weighted by Gasteiger charge is -2.29. The van der Waals surface area contributed by atoms with E-state index in [1.165, 1.54) is 12.1 Å². The van der Waals surface area contributed by atoms with Gasteiger partial charge in [0.1, 0.15) is 27.7 Å². The molecule has 0 aromatic heterocycles. The summed E-state index contributed by atoms with van der Waals surface area (Å²) in [5, 5.41) is 12.9. The smallest absolute Gasteiger partial charge is 0.417 e. The SMILES string of the molecule is Cc1c(F)cccc1NC(=S)C1=C(O)CCN(C(=O)OC(C)(C)C)C1=O. The van der Waals surface area contributed by atoms with Gasteiger partial charge in [0, 0.05) is 24.2 Å². The fraction of sp³-hybridized carbons (Fsp3) is 0.389. The van der Waals surface area contributed by atoms with Crippen LogP contribution in [0.4, 0.5) is 14.9 Å². The van der Waals surface area contributed by atoms with Gasteiger partial charge in [0.05, 0.1) is 0 Å². The Morgan fingerprint density at radius 1 is 1.38 bits per heavy atom. The van der Waals surface area contributed by atoms with Gasteiger partial charge in [0.25, 0.3) is 5.91 Å². The minimum Gasteiger partial charge on any atom is -0.511 e. The Morgan fingerprint density at radius 2 is 2.04 bits per heavy atom. The summed E-state index contributed by atoms with van der Waals surface area (Å²) >= 11 is 5.21. The number of ether oxygens (including phenoxy) is 1. The number of aliphatic hydroxyl groups is 1. The van der Waals surface area contributed by atoms with Gasteiger partial charge in [-0.15, -0.1) is 0 Å². The molecule has 1 aromatic carbocycles. The number of aliphatic hydroxyl groups excluding tert-OH is 1. The van der Waals surface area contributed by atoms with Crippen molar-refractivity contribution in [1.82, 2.24) is 4.90 Å². The van der Waals surface area contributed by atoms with Crippen molar-refractivity contribution >= 4 is 34.9 Å². The molecule has 0 saturated carbocycles. The van der Waals surface area contributed by atoms with Crippen LogP contribution in [0.15, 0.2) is 29.5 Å². The molecule has 2 rings (SSSR count). The number of nitrogens with one attached hydrogen (secondary N) is 1. The highest BCUT2D eigenvalue weighted by molar-refractivity contribution is 7.81. The van der Waals surface area contributed by atoms with E-state index < -0.39 is 23.4 Å². The van der Waals surface area contributed by atoms with E-state index in [1.54, 1.807) is 33.8 Å². The van der Waals surface area contributed by atoms with Crippen molar-refractivity contribution in [2.45, 2.75) is 39.7 Å². The van der Waals surface area contributed by atoms with Crippen LogP contribution in [0.25, 0.3) is 0 Å². The molecule has 8 heteroatoms. The standard InChI is InChI=1S/C18H21FN2O4S/c1-10-11(19)6-5-7-12(10)20-15(26)14-13(22)8-9-21(16(14)23)17(24)25-18(2,3)4/h5-7,22H,8-9H2,1-4H3,(H,20,26). The fourth-order valence-electron chi connectivity index (χ4n) is 2.35. The predicted molar refractivity (Wildman–Crippen MR) is 99.6 cm³/mol. The Labute approximate surface area is 156 Å². The third-order valence-electron chi connectivity index (χ3n) is 3.68. The largest absolute Gasteiger partial charge is 0.511 e. The lowest BCUT2D eigenvalue weighted by molar-refractivity contribution is -0.126. The monoisotopic (exact) mass is 380 g/mol. The second kappa shape index (κ2) is 7.41. The van der Waals surface area contributed by atoms with E-state index in [9.17, 15) is 19.1 Å². The summed E-state index contributed by atoms with van der Waals surface area (Å²) in [4.78, 5) is 25.7. The van der Waals surface area contributed by atoms with Crippen LogP contribution in [-0.2, 0) is 9.53 Å². The highest BCUT2D eigenvalue weighted by Crippen LogP contribution is 2.24. The van der Waals surface area contributed by atoms with Crippen molar-refractivity contribution in [3.63, 3.8) is 0 Å². The van der Waals surface area contributed by atoms with Gasteiger partial charge in [-0.3, -0.25) is 4.79 Å². The number of rotatable bonds is 2. The molecule has 26 heavy (non-hydrogen) atoms. The second-order valence-electron chi connectivity index (χ2n) is 6.88. The van der Waals surface area contributed by atoms with Gasteiger partial charge in [-0.05, 0) is 39.8 Å². The highest BCUT2D eigenvalue weighted by atomic mass is 32.1. The topological polar surface area (TPSA) is 78.9 Å². The predicted octanol–water partition coefficient (Wildman–Crippen LogP) is 3.85. The van der Waals surface area contributed by atoms with Crippen LogP contribution in [0, 0.1) is 12.7 Å². The first-order valence-corrected chi connectivity index (χ1v) is 8.45. The Morgan fingerprint density at radius 3 is 2.65 bits per heavy atom. The fourth-order valence-corrected chi connectivity index (χ4v) is 2.66. The number of thiocarbonyl (C=S) groups is 1. The Kier molecular flexibility index (Phi) is 5.65. The van der Waals surface area contributed by atoms with Crippen LogP contribution in [0.5, 0.6) is 0 Å². The molecule has 1 aliphatic heterocycles. The molecule has 0 fully saturated rings. The molecular formula is C18H21FN2O4S. The maximum atomic E-state index is 13.7. The number of halogens is 1. The number of carbonyl (C=O) groups is 2. The van der Waals surface area contributed by atoms with Crippen molar-refractivity contribution in [2.24, 2.45) is 0 Å². The molecule has 1 aliphatic rings. The average Bonchev–Trinajstić information content (AvgIpc) is 2.50. The first kappa shape index (κ1) is 19.8. The Hall–Kier alpha value is -2.48. The zero-order chi connectivity index (χ0) is 19.6. The van der Waals surface area contributed by atoms with Gasteiger partial charge in [-0.1, -0.05) is 18.3 Å². The van der Waals surface area contributed by atoms with Crippen LogP contribution in [-0.4, -0.2) is 39.1 Å². The minimum atomic E-state index is -0.808. The van der Waals surface area contributed by atoms with E-state index in [0.29, 0.717) is 11.3 Å². The summed E-state index contributed by atoms with van der Waals surface area (Å²) < 4.78 is 18.9. The van der Waals surface area contributed by atoms with Gasteiger partial charge < -0.3 is 15.2 Å². The third-order valence-corrected chi connectivity index (χ3v) is 3.98. The quantitative estimate of drug-likeness (QED) is 0.759. The van der Waals surface area contributed by atoms with Crippen molar-refractivity contribution in [3.05, 3.63) is 40.9 Å². The minimum absolute atomic E-state index is 0.00924. The molecule has 2 N–H and O–H groups in total. The summed E-state index contributed by atoms with van der Waals surface area (Å²) in [7, 11) is 0. The molecule has 0 spiro atoms. The number of amides is 2. The Balaban J connectivity index is 2.24. The van der Waals surface area contributed by atoms with E-state index in [-0.39, 0.29) is 29.3 Å². The molecule has 1 aromatic rings. The zero-order valence-corrected chi connectivity index (χ0v) is 15.9. The third kappa shape index (κ3) is 4.37. The normalized spacial score (nSPS) is 15.1. The van der Waals surface area contributed by atoms with Gasteiger partial charge >= 0.3 is 6.09 Å². The first-order valence-electron chi connectivity index (χ1n) is 8.04. The lowest BCUT2D eigenvalue weighted by Crippen LogP contribution is -2.46. The van der Waals surface area contributed by atoms with E-state index in [1.807, 2.05) is 0 Å². The number of hydrogen-bond acceptors (Lipinski definition) is 5. The highest BCUT2D eigenvalue weighted by Gasteiger charge is 2.36. The molecule has 140 valence electrons. The molecule has 0 unspecified atom stereocenters. The molecule has 2 amide bonds. The molecule has 0 radical (unpaired) electrons. The van der Waals surface area contributed by atoms with Crippen LogP contribution < -0.4 is 5.32 Å². The number of nitrogens with zero attached hydrogens (tertiary/aromatic N) is 1. The second-order valence-corrected chi connectivity index (χ2v) is 7.28. The lowest BCUT2D eigenvalue weighted by atomic mass is 10.1. The van der Waals surface area contributed by atoms with Crippen LogP contribution in [0.1, 0.15) is 32.8 Å². The summed E-state index contributed by atoms with van der Waals surface area (Å²) in [6.45, 7) is 6.61. The van der Waals surface area contributed by atoms with E-state index in [0.717, 1.165) is 4.90 Å². The van der Waals surface area contributed by atoms with Crippen LogP contribution in [0.2, 0.25) is 0 Å². The molecule has 0 atom stereocenters. The molecule has 6 nitrogen and oxygen atoms in total. The number of imide groups is 1. The average molecular weight is 380 g/mol. The molecule has 1 heterocycles. The number of hydrogen-bond donors (Lipinski definition) is 2. The van der Waals surface area contributed by atoms with Crippen molar-refractivity contribution in [1.29, 1.82) is 0 Å². The van der Waals surface area contributed by atoms with Gasteiger partial charge in [-0.2, -0.15) is 0 Å². The van der Waals surface area contributed by atoms with Crippen molar-refractivity contribution in [3.8, 4) is 0 Å². The van der Waals surface area contributed by atoms with E-state index in [2.05, 4.69) is 5.32 Å². The van der Waals surface area contributed by atoms with Gasteiger partial charge in [0.15, 0.2) is 0 Å². The van der Waals surface area contributed by atoms with Crippen LogP contribution in [0.3, 0.4) is 0 Å². The number of carbonyl (C=O) groups excluding carboxylic acids is 2. The summed E-state index contributed by atoms with van der Waals surface area (Å²) in [6, 6.07) is 4.40. The molecule has 0 bridgehead atoms. The first-order chi connectivity index (χ1) is 12.0.